The van der Waals surface area contributed by atoms with Crippen LogP contribution in [0.2, 0.25) is 0 Å². The molecule has 2 aromatic rings. The van der Waals surface area contributed by atoms with Gasteiger partial charge >= 0.3 is 0 Å². The molecule has 0 saturated heterocycles. The first-order valence-electron chi connectivity index (χ1n) is 7.99. The van der Waals surface area contributed by atoms with Crippen LogP contribution in [0.5, 0.6) is 5.75 Å². The summed E-state index contributed by atoms with van der Waals surface area (Å²) in [6.07, 6.45) is 0.885. The zero-order valence-electron chi connectivity index (χ0n) is 14.1. The van der Waals surface area contributed by atoms with Crippen LogP contribution in [-0.2, 0) is 11.2 Å². The number of hydrogen-bond donors (Lipinski definition) is 1. The highest BCUT2D eigenvalue weighted by Gasteiger charge is 2.28. The predicted octanol–water partition coefficient (Wildman–Crippen LogP) is 2.99. The smallest absolute Gasteiger partial charge is 0.296 e. The van der Waals surface area contributed by atoms with Gasteiger partial charge in [-0.2, -0.15) is 0 Å². The number of fused-ring (bicyclic) bond motifs is 1. The number of carbonyl (C=O) groups excluding carboxylic acids is 1. The Balaban J connectivity index is 1.80. The van der Waals surface area contributed by atoms with Gasteiger partial charge in [0.15, 0.2) is 0 Å². The number of ether oxygens (including phenoxy) is 1. The van der Waals surface area contributed by atoms with Crippen molar-refractivity contribution in [1.82, 2.24) is 0 Å². The van der Waals surface area contributed by atoms with Crippen LogP contribution in [0.4, 0.5) is 17.1 Å². The molecule has 130 valence electrons. The summed E-state index contributed by atoms with van der Waals surface area (Å²) >= 11 is 0. The number of nitrogens with zero attached hydrogens (tertiary/aromatic N) is 2. The fourth-order valence-corrected chi connectivity index (χ4v) is 3.04. The molecule has 1 aliphatic rings. The third-order valence-electron chi connectivity index (χ3n) is 4.43. The van der Waals surface area contributed by atoms with Crippen molar-refractivity contribution in [2.45, 2.75) is 19.4 Å². The zero-order valence-corrected chi connectivity index (χ0v) is 14.1. The van der Waals surface area contributed by atoms with Gasteiger partial charge in [0.1, 0.15) is 17.5 Å². The van der Waals surface area contributed by atoms with Crippen molar-refractivity contribution < 1.29 is 14.5 Å². The van der Waals surface area contributed by atoms with E-state index in [1.165, 1.54) is 24.8 Å². The van der Waals surface area contributed by atoms with Crippen molar-refractivity contribution in [3.63, 3.8) is 0 Å². The van der Waals surface area contributed by atoms with Gasteiger partial charge in [0.25, 0.3) is 5.69 Å². The minimum atomic E-state index is -0.534. The summed E-state index contributed by atoms with van der Waals surface area (Å²) in [5.41, 5.74) is 2.21. The molecule has 0 spiro atoms. The molecule has 0 unspecified atom stereocenters. The largest absolute Gasteiger partial charge is 0.496 e. The quantitative estimate of drug-likeness (QED) is 0.667. The summed E-state index contributed by atoms with van der Waals surface area (Å²) in [5, 5.41) is 13.9. The molecule has 1 amide bonds. The maximum absolute atomic E-state index is 12.6. The molecule has 1 heterocycles. The van der Waals surface area contributed by atoms with Gasteiger partial charge in [0, 0.05) is 12.2 Å². The molecule has 1 N–H and O–H groups in total. The van der Waals surface area contributed by atoms with Gasteiger partial charge in [0.2, 0.25) is 5.91 Å². The van der Waals surface area contributed by atoms with Crippen LogP contribution in [0.1, 0.15) is 12.5 Å². The van der Waals surface area contributed by atoms with Gasteiger partial charge in [-0.25, -0.2) is 0 Å². The number of rotatable bonds is 5. The third kappa shape index (κ3) is 3.26. The van der Waals surface area contributed by atoms with Crippen molar-refractivity contribution in [1.29, 1.82) is 0 Å². The number of para-hydroxylation sites is 1. The number of amides is 1. The molecule has 0 fully saturated rings. The lowest BCUT2D eigenvalue weighted by Crippen LogP contribution is -2.41. The Morgan fingerprint density at radius 3 is 2.80 bits per heavy atom. The van der Waals surface area contributed by atoms with E-state index in [0.29, 0.717) is 5.75 Å². The van der Waals surface area contributed by atoms with Crippen LogP contribution in [0.15, 0.2) is 42.5 Å². The van der Waals surface area contributed by atoms with Crippen molar-refractivity contribution in [2.24, 2.45) is 0 Å². The summed E-state index contributed by atoms with van der Waals surface area (Å²) in [5.74, 6) is 0.0798. The van der Waals surface area contributed by atoms with E-state index < -0.39 is 11.0 Å². The van der Waals surface area contributed by atoms with Gasteiger partial charge in [-0.1, -0.05) is 18.2 Å². The molecule has 7 nitrogen and oxygen atoms in total. The second-order valence-corrected chi connectivity index (χ2v) is 5.88. The number of nitrogens with one attached hydrogen (secondary N) is 1. The van der Waals surface area contributed by atoms with Gasteiger partial charge in [-0.05, 0) is 37.1 Å². The van der Waals surface area contributed by atoms with Crippen molar-refractivity contribution in [2.75, 3.05) is 23.9 Å². The van der Waals surface area contributed by atoms with E-state index in [9.17, 15) is 14.9 Å². The van der Waals surface area contributed by atoms with Gasteiger partial charge in [0.05, 0.1) is 18.1 Å². The van der Waals surface area contributed by atoms with E-state index in [0.717, 1.165) is 18.7 Å². The van der Waals surface area contributed by atoms with Crippen LogP contribution in [-0.4, -0.2) is 30.5 Å². The maximum Gasteiger partial charge on any atom is 0.296 e. The summed E-state index contributed by atoms with van der Waals surface area (Å²) in [4.78, 5) is 25.4. The molecule has 25 heavy (non-hydrogen) atoms. The molecule has 2 aromatic carbocycles. The van der Waals surface area contributed by atoms with Crippen LogP contribution in [0, 0.1) is 10.1 Å². The number of nitro groups is 1. The monoisotopic (exact) mass is 341 g/mol. The second-order valence-electron chi connectivity index (χ2n) is 5.88. The Morgan fingerprint density at radius 1 is 1.32 bits per heavy atom. The Bertz CT molecular complexity index is 822. The highest BCUT2D eigenvalue weighted by molar-refractivity contribution is 5.98. The Morgan fingerprint density at radius 2 is 2.08 bits per heavy atom. The predicted molar refractivity (Wildman–Crippen MR) is 95.2 cm³/mol. The molecular formula is C18H19N3O4. The first-order chi connectivity index (χ1) is 12.0. The minimum Gasteiger partial charge on any atom is -0.496 e. The number of benzene rings is 2. The van der Waals surface area contributed by atoms with Crippen LogP contribution in [0.25, 0.3) is 0 Å². The van der Waals surface area contributed by atoms with Crippen molar-refractivity contribution >= 4 is 23.0 Å². The van der Waals surface area contributed by atoms with Gasteiger partial charge < -0.3 is 15.0 Å². The topological polar surface area (TPSA) is 84.7 Å². The van der Waals surface area contributed by atoms with Crippen molar-refractivity contribution in [3.8, 4) is 5.75 Å². The Hall–Kier alpha value is -3.09. The number of methoxy groups -OCH3 is 1. The van der Waals surface area contributed by atoms with Gasteiger partial charge in [-0.15, -0.1) is 0 Å². The van der Waals surface area contributed by atoms with E-state index >= 15 is 0 Å². The maximum atomic E-state index is 12.6. The lowest BCUT2D eigenvalue weighted by atomic mass is 10.1. The molecule has 0 bridgehead atoms. The number of anilines is 2. The second kappa shape index (κ2) is 6.80. The van der Waals surface area contributed by atoms with E-state index in [1.54, 1.807) is 13.0 Å². The molecule has 3 rings (SSSR count). The van der Waals surface area contributed by atoms with Crippen molar-refractivity contribution in [3.05, 3.63) is 58.1 Å². The lowest BCUT2D eigenvalue weighted by Gasteiger charge is -2.26. The molecule has 0 aliphatic carbocycles. The standard InChI is InChI=1S/C18H19N3O4/c1-12(20-10-9-13-5-3-4-6-16(13)20)18(22)19-15-8-7-14(25-2)11-17(15)21(23)24/h3-8,11-12H,9-10H2,1-2H3,(H,19,22)/t12-/m0/s1. The molecule has 7 heteroatoms. The zero-order chi connectivity index (χ0) is 18.0. The SMILES string of the molecule is COc1ccc(NC(=O)[C@H](C)N2CCc3ccccc32)c([N+](=O)[O-])c1. The molecule has 1 atom stereocenters. The molecular weight excluding hydrogens is 322 g/mol. The van der Waals surface area contributed by atoms with E-state index in [4.69, 9.17) is 4.74 Å². The van der Waals surface area contributed by atoms with Crippen LogP contribution < -0.4 is 15.0 Å². The molecule has 0 radical (unpaired) electrons. The van der Waals surface area contributed by atoms with Crippen LogP contribution >= 0.6 is 0 Å². The highest BCUT2D eigenvalue weighted by atomic mass is 16.6. The number of hydrogen-bond acceptors (Lipinski definition) is 5. The van der Waals surface area contributed by atoms with E-state index in [1.807, 2.05) is 29.2 Å². The molecule has 1 aliphatic heterocycles. The average Bonchev–Trinajstić information content (AvgIpc) is 3.05. The lowest BCUT2D eigenvalue weighted by molar-refractivity contribution is -0.384. The fourth-order valence-electron chi connectivity index (χ4n) is 3.04. The van der Waals surface area contributed by atoms with Gasteiger partial charge in [-0.3, -0.25) is 14.9 Å². The summed E-state index contributed by atoms with van der Waals surface area (Å²) in [6.45, 7) is 2.55. The summed E-state index contributed by atoms with van der Waals surface area (Å²) in [7, 11) is 1.43. The Kier molecular flexibility index (Phi) is 4.56. The highest BCUT2D eigenvalue weighted by Crippen LogP contribution is 2.31. The molecule has 0 saturated carbocycles. The average molecular weight is 341 g/mol. The minimum absolute atomic E-state index is 0.162. The van der Waals surface area contributed by atoms with Crippen LogP contribution in [0.3, 0.4) is 0 Å². The number of carbonyl (C=O) groups is 1. The number of nitro benzene ring substituents is 1. The Labute approximate surface area is 145 Å². The molecule has 0 aromatic heterocycles. The summed E-state index contributed by atoms with van der Waals surface area (Å²) in [6, 6.07) is 11.9. The van der Waals surface area contributed by atoms with E-state index in [2.05, 4.69) is 5.32 Å². The summed E-state index contributed by atoms with van der Waals surface area (Å²) < 4.78 is 5.01. The van der Waals surface area contributed by atoms with E-state index in [-0.39, 0.29) is 17.3 Å². The normalized spacial score (nSPS) is 13.9. The first-order valence-corrected chi connectivity index (χ1v) is 7.99. The fraction of sp³-hybridized carbons (Fsp3) is 0.278. The third-order valence-corrected chi connectivity index (χ3v) is 4.43. The first kappa shape index (κ1) is 16.8.